The van der Waals surface area contributed by atoms with E-state index in [1.807, 2.05) is 18.4 Å². The molecule has 0 amide bonds. The summed E-state index contributed by atoms with van der Waals surface area (Å²) in [4.78, 5) is 0. The summed E-state index contributed by atoms with van der Waals surface area (Å²) in [6, 6.07) is 0. The summed E-state index contributed by atoms with van der Waals surface area (Å²) in [6.45, 7) is 4.15. The van der Waals surface area contributed by atoms with Gasteiger partial charge in [0.2, 0.25) is 0 Å². The molecule has 0 spiro atoms. The van der Waals surface area contributed by atoms with E-state index in [0.29, 0.717) is 0 Å². The Labute approximate surface area is 119 Å². The first-order chi connectivity index (χ1) is 8.80. The third-order valence-electron chi connectivity index (χ3n) is 3.69. The number of rotatable bonds is 0. The van der Waals surface area contributed by atoms with Gasteiger partial charge < -0.3 is 10.8 Å². The van der Waals surface area contributed by atoms with Gasteiger partial charge in [-0.1, -0.05) is 69.9 Å². The predicted molar refractivity (Wildman–Crippen MR) is 85.0 cm³/mol. The summed E-state index contributed by atoms with van der Waals surface area (Å²) < 4.78 is 0. The zero-order valence-electron chi connectivity index (χ0n) is 12.7. The molecule has 1 fully saturated rings. The van der Waals surface area contributed by atoms with Crippen LogP contribution in [-0.4, -0.2) is 5.48 Å². The molecule has 0 aromatic carbocycles. The van der Waals surface area contributed by atoms with Crippen molar-refractivity contribution in [2.75, 3.05) is 0 Å². The van der Waals surface area contributed by atoms with Crippen LogP contribution in [0.25, 0.3) is 0 Å². The standard InChI is InChI=1S/C9H18.C8H11N.H2O/c1-2-4-6-8-9-7-5-3-1;1-7-5-3-4-6-9-8(7)2;/h1-9H2;3-6,9H,1-2H3;1H2. The average molecular weight is 265 g/mol. The molecule has 2 heteroatoms. The minimum atomic E-state index is 0. The van der Waals surface area contributed by atoms with Gasteiger partial charge in [-0.2, -0.15) is 0 Å². The summed E-state index contributed by atoms with van der Waals surface area (Å²) >= 11 is 0. The first-order valence-electron chi connectivity index (χ1n) is 7.58. The van der Waals surface area contributed by atoms with Crippen molar-refractivity contribution in [3.05, 3.63) is 35.7 Å². The minimum absolute atomic E-state index is 0. The van der Waals surface area contributed by atoms with Crippen molar-refractivity contribution < 1.29 is 5.48 Å². The smallest absolute Gasteiger partial charge is 0.0144 e. The molecule has 110 valence electrons. The molecule has 1 heterocycles. The Hall–Kier alpha value is -1.02. The molecular weight excluding hydrogens is 234 g/mol. The topological polar surface area (TPSA) is 43.5 Å². The van der Waals surface area contributed by atoms with Crippen LogP contribution in [0, 0.1) is 0 Å². The van der Waals surface area contributed by atoms with E-state index in [1.165, 1.54) is 69.1 Å². The molecule has 1 aliphatic heterocycles. The zero-order chi connectivity index (χ0) is 13.1. The Morgan fingerprint density at radius 1 is 0.737 bits per heavy atom. The van der Waals surface area contributed by atoms with Crippen molar-refractivity contribution in [3.63, 3.8) is 0 Å². The normalized spacial score (nSPS) is 19.7. The summed E-state index contributed by atoms with van der Waals surface area (Å²) in [5.41, 5.74) is 2.51. The van der Waals surface area contributed by atoms with Crippen LogP contribution < -0.4 is 5.32 Å². The highest BCUT2D eigenvalue weighted by Gasteiger charge is 1.95. The van der Waals surface area contributed by atoms with Crippen molar-refractivity contribution in [2.45, 2.75) is 71.6 Å². The lowest BCUT2D eigenvalue weighted by Crippen LogP contribution is -2.00. The third kappa shape index (κ3) is 9.54. The largest absolute Gasteiger partial charge is 0.412 e. The van der Waals surface area contributed by atoms with E-state index < -0.39 is 0 Å². The van der Waals surface area contributed by atoms with Crippen molar-refractivity contribution >= 4 is 0 Å². The van der Waals surface area contributed by atoms with E-state index >= 15 is 0 Å². The summed E-state index contributed by atoms with van der Waals surface area (Å²) in [5.74, 6) is 0. The fraction of sp³-hybridized carbons (Fsp3) is 0.647. The Morgan fingerprint density at radius 3 is 1.58 bits per heavy atom. The molecule has 0 radical (unpaired) electrons. The highest BCUT2D eigenvalue weighted by atomic mass is 16.0. The Morgan fingerprint density at radius 2 is 1.16 bits per heavy atom. The second kappa shape index (κ2) is 12.0. The molecule has 2 rings (SSSR count). The predicted octanol–water partition coefficient (Wildman–Crippen LogP) is 4.64. The van der Waals surface area contributed by atoms with Crippen molar-refractivity contribution in [1.82, 2.24) is 5.32 Å². The Balaban J connectivity index is 0.000000324. The Kier molecular flexibility index (Phi) is 11.4. The molecule has 19 heavy (non-hydrogen) atoms. The zero-order valence-corrected chi connectivity index (χ0v) is 12.7. The highest BCUT2D eigenvalue weighted by Crippen LogP contribution is 2.15. The van der Waals surface area contributed by atoms with Gasteiger partial charge in [0.15, 0.2) is 0 Å². The number of hydrogen-bond acceptors (Lipinski definition) is 1. The average Bonchev–Trinajstić information content (AvgIpc) is 2.51. The van der Waals surface area contributed by atoms with Gasteiger partial charge >= 0.3 is 0 Å². The van der Waals surface area contributed by atoms with Crippen molar-refractivity contribution in [2.24, 2.45) is 0 Å². The molecule has 1 saturated carbocycles. The van der Waals surface area contributed by atoms with Gasteiger partial charge in [-0.15, -0.1) is 0 Å². The first kappa shape index (κ1) is 18.0. The molecule has 2 aliphatic rings. The summed E-state index contributed by atoms with van der Waals surface area (Å²) in [6.07, 6.45) is 21.5. The highest BCUT2D eigenvalue weighted by molar-refractivity contribution is 5.27. The van der Waals surface area contributed by atoms with Gasteiger partial charge in [0, 0.05) is 11.9 Å². The van der Waals surface area contributed by atoms with Crippen LogP contribution in [0.5, 0.6) is 0 Å². The summed E-state index contributed by atoms with van der Waals surface area (Å²) in [5, 5.41) is 3.13. The van der Waals surface area contributed by atoms with E-state index in [0.717, 1.165) is 0 Å². The SMILES string of the molecule is C1CCCCCCCC1.CC1=C(C)NC=CC=C1.O. The second-order valence-electron chi connectivity index (χ2n) is 5.35. The second-order valence-corrected chi connectivity index (χ2v) is 5.35. The van der Waals surface area contributed by atoms with Crippen LogP contribution in [0.2, 0.25) is 0 Å². The van der Waals surface area contributed by atoms with E-state index in [-0.39, 0.29) is 5.48 Å². The molecule has 0 aromatic heterocycles. The van der Waals surface area contributed by atoms with Crippen molar-refractivity contribution in [3.8, 4) is 0 Å². The lowest BCUT2D eigenvalue weighted by molar-refractivity contribution is 0.624. The number of hydrogen-bond donors (Lipinski definition) is 1. The minimum Gasteiger partial charge on any atom is -0.412 e. The van der Waals surface area contributed by atoms with Crippen molar-refractivity contribution in [1.29, 1.82) is 0 Å². The molecule has 0 atom stereocenters. The maximum Gasteiger partial charge on any atom is 0.0144 e. The van der Waals surface area contributed by atoms with E-state index in [4.69, 9.17) is 0 Å². The first-order valence-corrected chi connectivity index (χ1v) is 7.58. The van der Waals surface area contributed by atoms with Gasteiger partial charge in [-0.25, -0.2) is 0 Å². The lowest BCUT2D eigenvalue weighted by atomic mass is 10.1. The third-order valence-corrected chi connectivity index (χ3v) is 3.69. The molecule has 1 aliphatic carbocycles. The van der Waals surface area contributed by atoms with Gasteiger partial charge in [-0.05, 0) is 25.5 Å². The molecule has 0 bridgehead atoms. The maximum absolute atomic E-state index is 3.13. The quantitative estimate of drug-likeness (QED) is 0.681. The van der Waals surface area contributed by atoms with E-state index in [1.54, 1.807) is 0 Å². The lowest BCUT2D eigenvalue weighted by Gasteiger charge is -1.99. The fourth-order valence-electron chi connectivity index (χ4n) is 2.26. The summed E-state index contributed by atoms with van der Waals surface area (Å²) in [7, 11) is 0. The van der Waals surface area contributed by atoms with Crippen LogP contribution in [0.15, 0.2) is 35.7 Å². The van der Waals surface area contributed by atoms with Crippen LogP contribution in [0.3, 0.4) is 0 Å². The Bertz CT molecular complexity index is 274. The molecule has 0 unspecified atom stereocenters. The van der Waals surface area contributed by atoms with Gasteiger partial charge in [0.25, 0.3) is 0 Å². The van der Waals surface area contributed by atoms with Crippen LogP contribution in [0.1, 0.15) is 71.6 Å². The fourth-order valence-corrected chi connectivity index (χ4v) is 2.26. The molecule has 0 aromatic rings. The van der Waals surface area contributed by atoms with Gasteiger partial charge in [0.1, 0.15) is 0 Å². The van der Waals surface area contributed by atoms with E-state index in [2.05, 4.69) is 25.2 Å². The molecule has 0 saturated heterocycles. The van der Waals surface area contributed by atoms with E-state index in [9.17, 15) is 0 Å². The monoisotopic (exact) mass is 265 g/mol. The van der Waals surface area contributed by atoms with Crippen LogP contribution >= 0.6 is 0 Å². The maximum atomic E-state index is 3.13. The van der Waals surface area contributed by atoms with Gasteiger partial charge in [-0.3, -0.25) is 0 Å². The number of allylic oxidation sites excluding steroid dienone is 5. The van der Waals surface area contributed by atoms with Gasteiger partial charge in [0.05, 0.1) is 0 Å². The van der Waals surface area contributed by atoms with Crippen LogP contribution in [-0.2, 0) is 0 Å². The molecular formula is C17H31NO. The molecule has 2 nitrogen and oxygen atoms in total. The van der Waals surface area contributed by atoms with Crippen LogP contribution in [0.4, 0.5) is 0 Å². The number of nitrogens with one attached hydrogen (secondary N) is 1. The molecule has 3 N–H and O–H groups in total.